The van der Waals surface area contributed by atoms with Crippen molar-refractivity contribution >= 4 is 28.2 Å². The Morgan fingerprint density at radius 2 is 2.09 bits per heavy atom. The van der Waals surface area contributed by atoms with E-state index in [4.69, 9.17) is 4.74 Å². The number of anilines is 1. The third-order valence-electron chi connectivity index (χ3n) is 3.22. The highest BCUT2D eigenvalue weighted by atomic mass is 32.1. The molecule has 0 aliphatic heterocycles. The lowest BCUT2D eigenvalue weighted by Crippen LogP contribution is -2.15. The first-order valence-electron chi connectivity index (χ1n) is 7.33. The van der Waals surface area contributed by atoms with E-state index in [2.05, 4.69) is 22.4 Å². The smallest absolute Gasteiger partial charge is 0.230 e. The molecule has 0 spiro atoms. The van der Waals surface area contributed by atoms with Gasteiger partial charge in [0.25, 0.3) is 0 Å². The van der Waals surface area contributed by atoms with E-state index in [1.807, 2.05) is 0 Å². The monoisotopic (exact) mass is 333 g/mol. The summed E-state index contributed by atoms with van der Waals surface area (Å²) < 4.78 is 5.25. The van der Waals surface area contributed by atoms with Gasteiger partial charge >= 0.3 is 0 Å². The molecule has 2 aromatic rings. The molecule has 6 nitrogen and oxygen atoms in total. The lowest BCUT2D eigenvalue weighted by Gasteiger charge is -2.09. The zero-order valence-electron chi connectivity index (χ0n) is 13.4. The number of ketones is 1. The molecule has 0 bridgehead atoms. The van der Waals surface area contributed by atoms with Gasteiger partial charge in [0.2, 0.25) is 11.0 Å². The summed E-state index contributed by atoms with van der Waals surface area (Å²) in [5, 5.41) is 12.1. The van der Waals surface area contributed by atoms with Gasteiger partial charge in [-0.3, -0.25) is 9.59 Å². The van der Waals surface area contributed by atoms with Crippen molar-refractivity contribution in [3.63, 3.8) is 0 Å². The molecule has 1 amide bonds. The number of Topliss-reactive ketones (excluding diaryl/α,β-unsaturated/α-hetero) is 1. The van der Waals surface area contributed by atoms with Crippen LogP contribution in [0.1, 0.15) is 41.2 Å². The Bertz CT molecular complexity index is 712. The number of methoxy groups -OCH3 is 1. The zero-order chi connectivity index (χ0) is 16.8. The fraction of sp³-hybridized carbons (Fsp3) is 0.375. The van der Waals surface area contributed by atoms with Crippen LogP contribution < -0.4 is 10.1 Å². The molecule has 0 saturated heterocycles. The summed E-state index contributed by atoms with van der Waals surface area (Å²) in [5.74, 6) is 0.305. The van der Waals surface area contributed by atoms with E-state index in [1.165, 1.54) is 25.4 Å². The minimum atomic E-state index is -0.219. The number of nitrogens with one attached hydrogen (secondary N) is 1. The van der Waals surface area contributed by atoms with Crippen LogP contribution in [0.15, 0.2) is 18.2 Å². The summed E-state index contributed by atoms with van der Waals surface area (Å²) in [6.45, 7) is 3.55. The van der Waals surface area contributed by atoms with Crippen LogP contribution in [0.5, 0.6) is 5.75 Å². The average Bonchev–Trinajstić information content (AvgIpc) is 2.94. The minimum Gasteiger partial charge on any atom is -0.496 e. The van der Waals surface area contributed by atoms with Gasteiger partial charge in [0.15, 0.2) is 5.78 Å². The molecule has 122 valence electrons. The number of amides is 1. The van der Waals surface area contributed by atoms with Crippen LogP contribution in [0, 0.1) is 0 Å². The molecular weight excluding hydrogens is 314 g/mol. The highest BCUT2D eigenvalue weighted by molar-refractivity contribution is 7.15. The van der Waals surface area contributed by atoms with Crippen molar-refractivity contribution in [1.29, 1.82) is 0 Å². The van der Waals surface area contributed by atoms with E-state index in [0.717, 1.165) is 17.8 Å². The molecule has 0 radical (unpaired) electrons. The third-order valence-corrected chi connectivity index (χ3v) is 4.11. The van der Waals surface area contributed by atoms with Crippen molar-refractivity contribution in [2.75, 3.05) is 12.4 Å². The second-order valence-corrected chi connectivity index (χ2v) is 6.12. The Hall–Kier alpha value is -2.28. The molecule has 1 aromatic heterocycles. The Morgan fingerprint density at radius 3 is 2.74 bits per heavy atom. The summed E-state index contributed by atoms with van der Waals surface area (Å²) in [7, 11) is 1.53. The molecule has 1 heterocycles. The number of aryl methyl sites for hydroxylation is 1. The fourth-order valence-electron chi connectivity index (χ4n) is 2.09. The Balaban J connectivity index is 2.09. The summed E-state index contributed by atoms with van der Waals surface area (Å²) in [4.78, 5) is 23.7. The third kappa shape index (κ3) is 4.59. The Kier molecular flexibility index (Phi) is 5.81. The zero-order valence-corrected chi connectivity index (χ0v) is 14.2. The van der Waals surface area contributed by atoms with E-state index in [-0.39, 0.29) is 18.1 Å². The van der Waals surface area contributed by atoms with Gasteiger partial charge in [0, 0.05) is 17.5 Å². The topological polar surface area (TPSA) is 81.2 Å². The van der Waals surface area contributed by atoms with Crippen molar-refractivity contribution in [2.24, 2.45) is 0 Å². The molecule has 1 N–H and O–H groups in total. The summed E-state index contributed by atoms with van der Waals surface area (Å²) >= 11 is 1.37. The number of ether oxygens (including phenoxy) is 1. The highest BCUT2D eigenvalue weighted by Crippen LogP contribution is 2.22. The van der Waals surface area contributed by atoms with Crippen LogP contribution in [0.2, 0.25) is 0 Å². The van der Waals surface area contributed by atoms with E-state index in [1.54, 1.807) is 18.2 Å². The molecule has 0 unspecified atom stereocenters. The Labute approximate surface area is 138 Å². The van der Waals surface area contributed by atoms with Gasteiger partial charge in [0.05, 0.1) is 13.5 Å². The average molecular weight is 333 g/mol. The van der Waals surface area contributed by atoms with Crippen LogP contribution in [-0.2, 0) is 17.6 Å². The number of benzene rings is 1. The first-order valence-corrected chi connectivity index (χ1v) is 8.15. The van der Waals surface area contributed by atoms with Crippen LogP contribution in [-0.4, -0.2) is 29.0 Å². The molecule has 23 heavy (non-hydrogen) atoms. The number of nitrogens with zero attached hydrogens (tertiary/aromatic N) is 2. The van der Waals surface area contributed by atoms with E-state index < -0.39 is 0 Å². The van der Waals surface area contributed by atoms with Crippen LogP contribution in [0.25, 0.3) is 0 Å². The van der Waals surface area contributed by atoms with Gasteiger partial charge in [-0.25, -0.2) is 0 Å². The molecular formula is C16H19N3O3S. The number of carbonyl (C=O) groups is 2. The maximum Gasteiger partial charge on any atom is 0.230 e. The molecule has 0 aliphatic rings. The van der Waals surface area contributed by atoms with E-state index in [0.29, 0.717) is 22.0 Å². The molecule has 0 saturated carbocycles. The van der Waals surface area contributed by atoms with Gasteiger partial charge < -0.3 is 10.1 Å². The molecule has 0 atom stereocenters. The van der Waals surface area contributed by atoms with Gasteiger partial charge in [0.1, 0.15) is 10.8 Å². The number of hydrogen-bond acceptors (Lipinski definition) is 6. The lowest BCUT2D eigenvalue weighted by molar-refractivity contribution is -0.115. The van der Waals surface area contributed by atoms with E-state index >= 15 is 0 Å². The summed E-state index contributed by atoms with van der Waals surface area (Å²) in [5.41, 5.74) is 1.21. The van der Waals surface area contributed by atoms with Crippen molar-refractivity contribution < 1.29 is 14.3 Å². The molecule has 1 aromatic carbocycles. The largest absolute Gasteiger partial charge is 0.496 e. The fourth-order valence-corrected chi connectivity index (χ4v) is 2.95. The number of rotatable bonds is 7. The van der Waals surface area contributed by atoms with Crippen LogP contribution in [0.3, 0.4) is 0 Å². The van der Waals surface area contributed by atoms with Crippen LogP contribution >= 0.6 is 11.3 Å². The second-order valence-electron chi connectivity index (χ2n) is 5.06. The van der Waals surface area contributed by atoms with Crippen molar-refractivity contribution in [3.05, 3.63) is 34.3 Å². The second kappa shape index (κ2) is 7.82. The van der Waals surface area contributed by atoms with Crippen molar-refractivity contribution in [2.45, 2.75) is 33.1 Å². The molecule has 0 fully saturated rings. The Morgan fingerprint density at radius 1 is 1.30 bits per heavy atom. The predicted molar refractivity (Wildman–Crippen MR) is 89.2 cm³/mol. The van der Waals surface area contributed by atoms with Crippen molar-refractivity contribution in [1.82, 2.24) is 10.2 Å². The minimum absolute atomic E-state index is 0.0531. The summed E-state index contributed by atoms with van der Waals surface area (Å²) in [6, 6.07) is 5.07. The number of hydrogen-bond donors (Lipinski definition) is 1. The molecule has 2 rings (SSSR count). The summed E-state index contributed by atoms with van der Waals surface area (Å²) in [6.07, 6.45) is 1.94. The van der Waals surface area contributed by atoms with Crippen LogP contribution in [0.4, 0.5) is 5.13 Å². The SMILES string of the molecule is CCCc1nnc(NC(=O)Cc2cc(C(C)=O)ccc2OC)s1. The van der Waals surface area contributed by atoms with Gasteiger partial charge in [-0.1, -0.05) is 18.3 Å². The first-order chi connectivity index (χ1) is 11.0. The van der Waals surface area contributed by atoms with Gasteiger partial charge in [-0.2, -0.15) is 0 Å². The van der Waals surface area contributed by atoms with Crippen molar-refractivity contribution in [3.8, 4) is 5.75 Å². The molecule has 7 heteroatoms. The highest BCUT2D eigenvalue weighted by Gasteiger charge is 2.13. The van der Waals surface area contributed by atoms with Gasteiger partial charge in [-0.15, -0.1) is 10.2 Å². The quantitative estimate of drug-likeness (QED) is 0.788. The lowest BCUT2D eigenvalue weighted by atomic mass is 10.0. The standard InChI is InChI=1S/C16H19N3O3S/c1-4-5-15-18-19-16(23-15)17-14(21)9-12-8-11(10(2)20)6-7-13(12)22-3/h6-8H,4-5,9H2,1-3H3,(H,17,19,21). The number of carbonyl (C=O) groups excluding carboxylic acids is 2. The van der Waals surface area contributed by atoms with Gasteiger partial charge in [-0.05, 0) is 31.5 Å². The predicted octanol–water partition coefficient (Wildman–Crippen LogP) is 2.88. The first kappa shape index (κ1) is 17.1. The maximum absolute atomic E-state index is 12.2. The molecule has 0 aliphatic carbocycles. The maximum atomic E-state index is 12.2. The van der Waals surface area contributed by atoms with E-state index in [9.17, 15) is 9.59 Å². The number of aromatic nitrogens is 2. The normalized spacial score (nSPS) is 10.4.